The molecule has 1 unspecified atom stereocenters. The normalized spacial score (nSPS) is 12.1. The van der Waals surface area contributed by atoms with E-state index in [1.807, 2.05) is 6.92 Å². The fourth-order valence-corrected chi connectivity index (χ4v) is 1.24. The van der Waals surface area contributed by atoms with Crippen LogP contribution >= 0.6 is 0 Å². The molecule has 0 bridgehead atoms. The van der Waals surface area contributed by atoms with Crippen LogP contribution in [-0.4, -0.2) is 17.2 Å². The van der Waals surface area contributed by atoms with E-state index in [0.29, 0.717) is 17.9 Å². The largest absolute Gasteiger partial charge is 0.479 e. The first kappa shape index (κ1) is 11.4. The molecule has 0 aliphatic heterocycles. The zero-order valence-electron chi connectivity index (χ0n) is 8.64. The zero-order chi connectivity index (χ0) is 11.3. The van der Waals surface area contributed by atoms with E-state index in [1.54, 1.807) is 24.3 Å². The van der Waals surface area contributed by atoms with Gasteiger partial charge in [0.25, 0.3) is 0 Å². The first-order valence-electron chi connectivity index (χ1n) is 4.89. The molecule has 0 aliphatic carbocycles. The van der Waals surface area contributed by atoms with Gasteiger partial charge in [-0.05, 0) is 18.6 Å². The standard InChI is InChI=1S/C11H15NO3/c1-2-5-10(11(13)14)15-9-7-4-3-6-8(9)12/h3-4,6-7,10H,2,5,12H2,1H3,(H,13,14). The lowest BCUT2D eigenvalue weighted by Gasteiger charge is -2.15. The molecule has 0 fully saturated rings. The van der Waals surface area contributed by atoms with E-state index in [0.717, 1.165) is 6.42 Å². The smallest absolute Gasteiger partial charge is 0.344 e. The highest BCUT2D eigenvalue weighted by Crippen LogP contribution is 2.22. The maximum atomic E-state index is 10.8. The van der Waals surface area contributed by atoms with Gasteiger partial charge in [-0.2, -0.15) is 0 Å². The number of para-hydroxylation sites is 2. The molecule has 4 nitrogen and oxygen atoms in total. The number of nitrogen functional groups attached to an aromatic ring is 1. The Morgan fingerprint density at radius 3 is 2.73 bits per heavy atom. The van der Waals surface area contributed by atoms with Gasteiger partial charge in [0, 0.05) is 0 Å². The minimum Gasteiger partial charge on any atom is -0.479 e. The molecule has 0 radical (unpaired) electrons. The van der Waals surface area contributed by atoms with Crippen molar-refractivity contribution in [2.45, 2.75) is 25.9 Å². The van der Waals surface area contributed by atoms with Gasteiger partial charge in [0.1, 0.15) is 5.75 Å². The summed E-state index contributed by atoms with van der Waals surface area (Å²) in [5, 5.41) is 8.89. The van der Waals surface area contributed by atoms with Crippen molar-refractivity contribution in [3.8, 4) is 5.75 Å². The van der Waals surface area contributed by atoms with Crippen LogP contribution in [0.25, 0.3) is 0 Å². The number of carbonyl (C=O) groups is 1. The predicted octanol–water partition coefficient (Wildman–Crippen LogP) is 1.90. The van der Waals surface area contributed by atoms with Crippen LogP contribution in [-0.2, 0) is 4.79 Å². The molecule has 0 aliphatic rings. The molecule has 0 aromatic heterocycles. The van der Waals surface area contributed by atoms with Gasteiger partial charge >= 0.3 is 5.97 Å². The van der Waals surface area contributed by atoms with Crippen molar-refractivity contribution in [1.29, 1.82) is 0 Å². The van der Waals surface area contributed by atoms with Crippen LogP contribution in [0.2, 0.25) is 0 Å². The van der Waals surface area contributed by atoms with E-state index < -0.39 is 12.1 Å². The number of nitrogens with two attached hydrogens (primary N) is 1. The summed E-state index contributed by atoms with van der Waals surface area (Å²) in [5.74, 6) is -0.529. The summed E-state index contributed by atoms with van der Waals surface area (Å²) in [6.45, 7) is 1.91. The number of hydrogen-bond donors (Lipinski definition) is 2. The third-order valence-corrected chi connectivity index (χ3v) is 2.01. The Hall–Kier alpha value is -1.71. The lowest BCUT2D eigenvalue weighted by Crippen LogP contribution is -2.27. The van der Waals surface area contributed by atoms with Crippen molar-refractivity contribution in [2.75, 3.05) is 5.73 Å². The number of carboxylic acid groups (broad SMARTS) is 1. The summed E-state index contributed by atoms with van der Waals surface area (Å²) in [5.41, 5.74) is 6.11. The fourth-order valence-electron chi connectivity index (χ4n) is 1.24. The van der Waals surface area contributed by atoms with Gasteiger partial charge in [-0.1, -0.05) is 25.5 Å². The minimum atomic E-state index is -0.958. The predicted molar refractivity (Wildman–Crippen MR) is 57.8 cm³/mol. The van der Waals surface area contributed by atoms with Crippen molar-refractivity contribution in [3.05, 3.63) is 24.3 Å². The first-order valence-corrected chi connectivity index (χ1v) is 4.89. The number of rotatable bonds is 5. The van der Waals surface area contributed by atoms with Crippen molar-refractivity contribution >= 4 is 11.7 Å². The van der Waals surface area contributed by atoms with E-state index in [2.05, 4.69) is 0 Å². The summed E-state index contributed by atoms with van der Waals surface area (Å²) >= 11 is 0. The Morgan fingerprint density at radius 1 is 1.53 bits per heavy atom. The molecule has 0 saturated carbocycles. The highest BCUT2D eigenvalue weighted by atomic mass is 16.5. The summed E-state index contributed by atoms with van der Waals surface area (Å²) in [6, 6.07) is 6.88. The molecular formula is C11H15NO3. The van der Waals surface area contributed by atoms with Crippen molar-refractivity contribution in [3.63, 3.8) is 0 Å². The van der Waals surface area contributed by atoms with Gasteiger partial charge in [0.15, 0.2) is 6.10 Å². The van der Waals surface area contributed by atoms with Gasteiger partial charge in [-0.3, -0.25) is 0 Å². The average Bonchev–Trinajstić information content (AvgIpc) is 2.20. The van der Waals surface area contributed by atoms with E-state index in [9.17, 15) is 4.79 Å². The monoisotopic (exact) mass is 209 g/mol. The topological polar surface area (TPSA) is 72.5 Å². The Labute approximate surface area is 88.7 Å². The fraction of sp³-hybridized carbons (Fsp3) is 0.364. The second kappa shape index (κ2) is 5.24. The molecule has 0 saturated heterocycles. The lowest BCUT2D eigenvalue weighted by atomic mass is 10.2. The van der Waals surface area contributed by atoms with E-state index >= 15 is 0 Å². The van der Waals surface area contributed by atoms with E-state index in [-0.39, 0.29) is 0 Å². The molecular weight excluding hydrogens is 194 g/mol. The van der Waals surface area contributed by atoms with Crippen LogP contribution in [0.1, 0.15) is 19.8 Å². The van der Waals surface area contributed by atoms with Crippen LogP contribution in [0.4, 0.5) is 5.69 Å². The Kier molecular flexibility index (Phi) is 3.97. The van der Waals surface area contributed by atoms with Gasteiger partial charge < -0.3 is 15.6 Å². The quantitative estimate of drug-likeness (QED) is 0.726. The summed E-state index contributed by atoms with van der Waals surface area (Å²) in [4.78, 5) is 10.8. The number of aliphatic carboxylic acids is 1. The van der Waals surface area contributed by atoms with Crippen molar-refractivity contribution in [1.82, 2.24) is 0 Å². The Morgan fingerprint density at radius 2 is 2.20 bits per heavy atom. The van der Waals surface area contributed by atoms with E-state index in [4.69, 9.17) is 15.6 Å². The molecule has 0 spiro atoms. The maximum Gasteiger partial charge on any atom is 0.344 e. The van der Waals surface area contributed by atoms with Gasteiger partial charge in [-0.25, -0.2) is 4.79 Å². The molecule has 15 heavy (non-hydrogen) atoms. The third kappa shape index (κ3) is 3.16. The molecule has 1 atom stereocenters. The number of benzene rings is 1. The molecule has 1 aromatic carbocycles. The second-order valence-electron chi connectivity index (χ2n) is 3.27. The van der Waals surface area contributed by atoms with Gasteiger partial charge in [0.2, 0.25) is 0 Å². The van der Waals surface area contributed by atoms with Crippen molar-refractivity contribution < 1.29 is 14.6 Å². The maximum absolute atomic E-state index is 10.8. The summed E-state index contributed by atoms with van der Waals surface area (Å²) < 4.78 is 5.32. The van der Waals surface area contributed by atoms with Crippen LogP contribution < -0.4 is 10.5 Å². The van der Waals surface area contributed by atoms with Gasteiger partial charge in [-0.15, -0.1) is 0 Å². The molecule has 0 amide bonds. The number of carboxylic acids is 1. The molecule has 4 heteroatoms. The molecule has 0 heterocycles. The van der Waals surface area contributed by atoms with E-state index in [1.165, 1.54) is 0 Å². The number of anilines is 1. The first-order chi connectivity index (χ1) is 7.15. The third-order valence-electron chi connectivity index (χ3n) is 2.01. The zero-order valence-corrected chi connectivity index (χ0v) is 8.64. The van der Waals surface area contributed by atoms with Crippen LogP contribution in [0, 0.1) is 0 Å². The lowest BCUT2D eigenvalue weighted by molar-refractivity contribution is -0.145. The minimum absolute atomic E-state index is 0.429. The highest BCUT2D eigenvalue weighted by molar-refractivity contribution is 5.73. The molecule has 82 valence electrons. The Bertz CT molecular complexity index is 338. The number of hydrogen-bond acceptors (Lipinski definition) is 3. The average molecular weight is 209 g/mol. The Balaban J connectivity index is 2.74. The van der Waals surface area contributed by atoms with Crippen molar-refractivity contribution in [2.24, 2.45) is 0 Å². The molecule has 1 rings (SSSR count). The van der Waals surface area contributed by atoms with Gasteiger partial charge in [0.05, 0.1) is 5.69 Å². The second-order valence-corrected chi connectivity index (χ2v) is 3.27. The summed E-state index contributed by atoms with van der Waals surface area (Å²) in [7, 11) is 0. The molecule has 3 N–H and O–H groups in total. The van der Waals surface area contributed by atoms with Crippen LogP contribution in [0.15, 0.2) is 24.3 Å². The SMILES string of the molecule is CCCC(Oc1ccccc1N)C(=O)O. The summed E-state index contributed by atoms with van der Waals surface area (Å²) in [6.07, 6.45) is 0.410. The van der Waals surface area contributed by atoms with Crippen LogP contribution in [0.5, 0.6) is 5.75 Å². The van der Waals surface area contributed by atoms with Crippen LogP contribution in [0.3, 0.4) is 0 Å². The molecule has 1 aromatic rings. The number of ether oxygens (including phenoxy) is 1. The highest BCUT2D eigenvalue weighted by Gasteiger charge is 2.18.